The molecule has 0 saturated heterocycles. The van der Waals surface area contributed by atoms with Gasteiger partial charge in [0.1, 0.15) is 5.65 Å². The second-order valence-electron chi connectivity index (χ2n) is 4.11. The fourth-order valence-electron chi connectivity index (χ4n) is 1.62. The lowest BCUT2D eigenvalue weighted by molar-refractivity contribution is 0.607. The van der Waals surface area contributed by atoms with Crippen LogP contribution < -0.4 is 4.72 Å². The standard InChI is InChI=1S/C12H12N4O2S2/c1-8(5-13)7-19-10-6-15-12-11(10)9(3-4-14-12)16-20(2,17)18/h3-4,6H,1,7H2,2H3,(H2,14,15,16). The number of aromatic nitrogens is 2. The lowest BCUT2D eigenvalue weighted by Crippen LogP contribution is -2.09. The molecule has 0 aliphatic heterocycles. The Bertz CT molecular complexity index is 802. The first-order valence-corrected chi connectivity index (χ1v) is 8.43. The van der Waals surface area contributed by atoms with Gasteiger partial charge < -0.3 is 4.98 Å². The van der Waals surface area contributed by atoms with E-state index in [0.29, 0.717) is 28.0 Å². The van der Waals surface area contributed by atoms with Gasteiger partial charge in [0.2, 0.25) is 10.0 Å². The highest BCUT2D eigenvalue weighted by molar-refractivity contribution is 7.99. The number of hydrogen-bond donors (Lipinski definition) is 2. The van der Waals surface area contributed by atoms with Gasteiger partial charge in [0.25, 0.3) is 0 Å². The lowest BCUT2D eigenvalue weighted by Gasteiger charge is -2.06. The summed E-state index contributed by atoms with van der Waals surface area (Å²) in [5.41, 5.74) is 1.50. The van der Waals surface area contributed by atoms with Crippen molar-refractivity contribution in [2.24, 2.45) is 0 Å². The normalized spacial score (nSPS) is 11.2. The van der Waals surface area contributed by atoms with Crippen LogP contribution in [-0.4, -0.2) is 30.4 Å². The molecule has 0 amide bonds. The molecular weight excluding hydrogens is 296 g/mol. The Morgan fingerprint density at radius 1 is 1.65 bits per heavy atom. The number of nitriles is 1. The largest absolute Gasteiger partial charge is 0.345 e. The number of nitrogens with zero attached hydrogens (tertiary/aromatic N) is 2. The molecule has 0 fully saturated rings. The third kappa shape index (κ3) is 3.31. The summed E-state index contributed by atoms with van der Waals surface area (Å²) in [6, 6.07) is 3.57. The maximum atomic E-state index is 11.4. The van der Waals surface area contributed by atoms with Crippen molar-refractivity contribution < 1.29 is 8.42 Å². The van der Waals surface area contributed by atoms with E-state index >= 15 is 0 Å². The Labute approximate surface area is 121 Å². The van der Waals surface area contributed by atoms with Gasteiger partial charge >= 0.3 is 0 Å². The summed E-state index contributed by atoms with van der Waals surface area (Å²) < 4.78 is 25.2. The maximum Gasteiger partial charge on any atom is 0.229 e. The van der Waals surface area contributed by atoms with Crippen LogP contribution in [0.4, 0.5) is 5.69 Å². The summed E-state index contributed by atoms with van der Waals surface area (Å²) in [7, 11) is -3.37. The fraction of sp³-hybridized carbons (Fsp3) is 0.167. The van der Waals surface area contributed by atoms with E-state index in [1.54, 1.807) is 12.3 Å². The van der Waals surface area contributed by atoms with E-state index in [9.17, 15) is 8.42 Å². The van der Waals surface area contributed by atoms with Crippen LogP contribution in [0.5, 0.6) is 0 Å². The van der Waals surface area contributed by atoms with Gasteiger partial charge in [0.15, 0.2) is 0 Å². The third-order valence-corrected chi connectivity index (χ3v) is 4.11. The summed E-state index contributed by atoms with van der Waals surface area (Å²) in [6.45, 7) is 3.62. The highest BCUT2D eigenvalue weighted by atomic mass is 32.2. The smallest absolute Gasteiger partial charge is 0.229 e. The molecule has 2 rings (SSSR count). The molecule has 0 aliphatic carbocycles. The number of aromatic amines is 1. The van der Waals surface area contributed by atoms with Gasteiger partial charge in [-0.15, -0.1) is 11.8 Å². The second-order valence-corrected chi connectivity index (χ2v) is 6.88. The number of H-pyrrole nitrogens is 1. The molecule has 0 bridgehead atoms. The van der Waals surface area contributed by atoms with E-state index in [2.05, 4.69) is 21.3 Å². The number of hydrogen-bond acceptors (Lipinski definition) is 5. The van der Waals surface area contributed by atoms with Crippen molar-refractivity contribution in [2.75, 3.05) is 16.7 Å². The SMILES string of the molecule is C=C(C#N)CSc1c[nH]c2nccc(NS(C)(=O)=O)c12. The Kier molecular flexibility index (Phi) is 4.01. The quantitative estimate of drug-likeness (QED) is 0.651. The molecule has 2 aromatic rings. The van der Waals surface area contributed by atoms with E-state index in [-0.39, 0.29) is 0 Å². The highest BCUT2D eigenvalue weighted by Gasteiger charge is 2.13. The van der Waals surface area contributed by atoms with Crippen molar-refractivity contribution in [2.45, 2.75) is 4.90 Å². The molecule has 0 unspecified atom stereocenters. The van der Waals surface area contributed by atoms with Crippen LogP contribution in [-0.2, 0) is 10.0 Å². The van der Waals surface area contributed by atoms with Crippen LogP contribution in [0.1, 0.15) is 0 Å². The van der Waals surface area contributed by atoms with Crippen molar-refractivity contribution in [1.82, 2.24) is 9.97 Å². The van der Waals surface area contributed by atoms with Gasteiger partial charge in [0, 0.05) is 28.6 Å². The molecule has 0 radical (unpaired) electrons. The maximum absolute atomic E-state index is 11.4. The van der Waals surface area contributed by atoms with Gasteiger partial charge in [-0.25, -0.2) is 13.4 Å². The Morgan fingerprint density at radius 3 is 3.05 bits per heavy atom. The van der Waals surface area contributed by atoms with Gasteiger partial charge in [0.05, 0.1) is 23.4 Å². The van der Waals surface area contributed by atoms with Gasteiger partial charge in [-0.3, -0.25) is 4.72 Å². The summed E-state index contributed by atoms with van der Waals surface area (Å²) in [5, 5.41) is 9.40. The van der Waals surface area contributed by atoms with Crippen LogP contribution in [0.3, 0.4) is 0 Å². The molecule has 0 spiro atoms. The highest BCUT2D eigenvalue weighted by Crippen LogP contribution is 2.33. The number of fused-ring (bicyclic) bond motifs is 1. The summed E-state index contributed by atoms with van der Waals surface area (Å²) in [6.07, 6.45) is 4.35. The molecule has 2 aromatic heterocycles. The van der Waals surface area contributed by atoms with Crippen molar-refractivity contribution in [3.05, 3.63) is 30.6 Å². The van der Waals surface area contributed by atoms with Crippen molar-refractivity contribution in [1.29, 1.82) is 5.26 Å². The van der Waals surface area contributed by atoms with Crippen molar-refractivity contribution >= 4 is 38.5 Å². The van der Waals surface area contributed by atoms with E-state index < -0.39 is 10.0 Å². The minimum Gasteiger partial charge on any atom is -0.345 e. The van der Waals surface area contributed by atoms with Gasteiger partial charge in [-0.1, -0.05) is 6.58 Å². The summed E-state index contributed by atoms with van der Waals surface area (Å²) in [4.78, 5) is 7.94. The summed E-state index contributed by atoms with van der Waals surface area (Å²) >= 11 is 1.40. The van der Waals surface area contributed by atoms with E-state index in [1.807, 2.05) is 6.07 Å². The van der Waals surface area contributed by atoms with Crippen LogP contribution in [0, 0.1) is 11.3 Å². The third-order valence-electron chi connectivity index (χ3n) is 2.39. The Balaban J connectivity index is 2.42. The lowest BCUT2D eigenvalue weighted by atomic mass is 10.3. The molecule has 6 nitrogen and oxygen atoms in total. The average molecular weight is 308 g/mol. The van der Waals surface area contributed by atoms with Crippen LogP contribution in [0.15, 0.2) is 35.5 Å². The summed E-state index contributed by atoms with van der Waals surface area (Å²) in [5.74, 6) is 0.441. The molecule has 0 aromatic carbocycles. The Morgan fingerprint density at radius 2 is 2.40 bits per heavy atom. The second kappa shape index (κ2) is 5.56. The Hall–Kier alpha value is -1.98. The zero-order valence-corrected chi connectivity index (χ0v) is 12.3. The van der Waals surface area contributed by atoms with E-state index in [0.717, 1.165) is 11.2 Å². The van der Waals surface area contributed by atoms with Crippen molar-refractivity contribution in [3.63, 3.8) is 0 Å². The molecule has 20 heavy (non-hydrogen) atoms. The topological polar surface area (TPSA) is 98.6 Å². The number of anilines is 1. The first-order chi connectivity index (χ1) is 9.40. The van der Waals surface area contributed by atoms with Crippen molar-refractivity contribution in [3.8, 4) is 6.07 Å². The molecule has 0 atom stereocenters. The first kappa shape index (κ1) is 14.4. The molecule has 8 heteroatoms. The number of rotatable bonds is 5. The van der Waals surface area contributed by atoms with Crippen LogP contribution in [0.25, 0.3) is 11.0 Å². The number of pyridine rings is 1. The first-order valence-electron chi connectivity index (χ1n) is 5.55. The van der Waals surface area contributed by atoms with Crippen LogP contribution >= 0.6 is 11.8 Å². The molecule has 0 aliphatic rings. The molecule has 0 saturated carbocycles. The monoisotopic (exact) mass is 308 g/mol. The molecule has 2 heterocycles. The minimum atomic E-state index is -3.37. The van der Waals surface area contributed by atoms with E-state index in [4.69, 9.17) is 5.26 Å². The molecular formula is C12H12N4O2S2. The van der Waals surface area contributed by atoms with Gasteiger partial charge in [-0.05, 0) is 6.07 Å². The average Bonchev–Trinajstić information content (AvgIpc) is 2.78. The fourth-order valence-corrected chi connectivity index (χ4v) is 3.08. The zero-order chi connectivity index (χ0) is 14.8. The number of nitrogens with one attached hydrogen (secondary N) is 2. The predicted molar refractivity (Wildman–Crippen MR) is 80.0 cm³/mol. The van der Waals surface area contributed by atoms with Crippen LogP contribution in [0.2, 0.25) is 0 Å². The van der Waals surface area contributed by atoms with E-state index in [1.165, 1.54) is 18.0 Å². The number of thioether (sulfide) groups is 1. The minimum absolute atomic E-state index is 0.441. The predicted octanol–water partition coefficient (Wildman–Crippen LogP) is 2.11. The van der Waals surface area contributed by atoms with Gasteiger partial charge in [-0.2, -0.15) is 5.26 Å². The molecule has 104 valence electrons. The number of sulfonamides is 1. The zero-order valence-electron chi connectivity index (χ0n) is 10.7. The molecule has 2 N–H and O–H groups in total.